The van der Waals surface area contributed by atoms with Gasteiger partial charge in [0, 0.05) is 17.1 Å². The molecule has 0 unspecified atom stereocenters. The maximum atomic E-state index is 4.31. The third kappa shape index (κ3) is 8.67. The van der Waals surface area contributed by atoms with Crippen molar-refractivity contribution >= 4 is 17.5 Å². The van der Waals surface area contributed by atoms with Crippen LogP contribution in [0.2, 0.25) is 0 Å². The Morgan fingerprint density at radius 2 is 1.50 bits per heavy atom. The van der Waals surface area contributed by atoms with Gasteiger partial charge in [-0.05, 0) is 86.9 Å². The summed E-state index contributed by atoms with van der Waals surface area (Å²) in [7, 11) is 0. The summed E-state index contributed by atoms with van der Waals surface area (Å²) in [4.78, 5) is 4.31. The van der Waals surface area contributed by atoms with Gasteiger partial charge < -0.3 is 5.32 Å². The van der Waals surface area contributed by atoms with Crippen LogP contribution in [0.15, 0.2) is 89.1 Å². The molecule has 0 radical (unpaired) electrons. The minimum absolute atomic E-state index is 0.307. The van der Waals surface area contributed by atoms with E-state index in [1.165, 1.54) is 44.7 Å². The Morgan fingerprint density at radius 3 is 1.97 bits per heavy atom. The van der Waals surface area contributed by atoms with Crippen LogP contribution in [0.5, 0.6) is 0 Å². The zero-order chi connectivity index (χ0) is 25.5. The fourth-order valence-electron chi connectivity index (χ4n) is 3.62. The first-order valence-electron chi connectivity index (χ1n) is 12.0. The van der Waals surface area contributed by atoms with Gasteiger partial charge in [-0.1, -0.05) is 87.0 Å². The maximum absolute atomic E-state index is 4.31. The molecule has 0 saturated heterocycles. The number of rotatable bonds is 3. The minimum atomic E-state index is 0.307. The third-order valence-electron chi connectivity index (χ3n) is 5.81. The SMILES string of the molecule is C=C(C)C1=Cc2cc(C)ccc2C1.C=C(C)Nc1ccc(C)cc1.CC1=NCC(C(C)(C)C)=C1. The number of fused-ring (bicyclic) bond motifs is 1. The van der Waals surface area contributed by atoms with Crippen LogP contribution in [0, 0.1) is 19.3 Å². The summed E-state index contributed by atoms with van der Waals surface area (Å²) < 4.78 is 0. The number of aryl methyl sites for hydroxylation is 2. The molecule has 1 heterocycles. The van der Waals surface area contributed by atoms with Gasteiger partial charge in [0.25, 0.3) is 0 Å². The Labute approximate surface area is 207 Å². The van der Waals surface area contributed by atoms with Gasteiger partial charge >= 0.3 is 0 Å². The van der Waals surface area contributed by atoms with Crippen molar-refractivity contribution in [2.24, 2.45) is 10.4 Å². The van der Waals surface area contributed by atoms with Gasteiger partial charge in [-0.3, -0.25) is 4.99 Å². The number of allylic oxidation sites excluding steroid dienone is 4. The topological polar surface area (TPSA) is 24.4 Å². The number of nitrogens with zero attached hydrogens (tertiary/aromatic N) is 1. The van der Waals surface area contributed by atoms with Crippen molar-refractivity contribution in [3.8, 4) is 0 Å². The van der Waals surface area contributed by atoms with Gasteiger partial charge in [-0.15, -0.1) is 0 Å². The summed E-state index contributed by atoms with van der Waals surface area (Å²) >= 11 is 0. The predicted molar refractivity (Wildman–Crippen MR) is 153 cm³/mol. The van der Waals surface area contributed by atoms with Crippen molar-refractivity contribution in [1.82, 2.24) is 0 Å². The first kappa shape index (κ1) is 27.1. The Morgan fingerprint density at radius 1 is 0.882 bits per heavy atom. The van der Waals surface area contributed by atoms with Crippen LogP contribution < -0.4 is 5.32 Å². The van der Waals surface area contributed by atoms with E-state index in [9.17, 15) is 0 Å². The molecular weight excluding hydrogens is 412 g/mol. The van der Waals surface area contributed by atoms with Gasteiger partial charge in [-0.25, -0.2) is 0 Å². The summed E-state index contributed by atoms with van der Waals surface area (Å²) in [6.07, 6.45) is 5.51. The van der Waals surface area contributed by atoms with Crippen molar-refractivity contribution in [3.63, 3.8) is 0 Å². The predicted octanol–water partition coefficient (Wildman–Crippen LogP) is 8.88. The lowest BCUT2D eigenvalue weighted by Gasteiger charge is -2.18. The second-order valence-corrected chi connectivity index (χ2v) is 10.5. The summed E-state index contributed by atoms with van der Waals surface area (Å²) in [6, 6.07) is 14.9. The third-order valence-corrected chi connectivity index (χ3v) is 5.81. The summed E-state index contributed by atoms with van der Waals surface area (Å²) in [5.74, 6) is 0. The molecule has 1 aliphatic carbocycles. The summed E-state index contributed by atoms with van der Waals surface area (Å²) in [5, 5.41) is 3.14. The molecule has 34 heavy (non-hydrogen) atoms. The molecule has 0 spiro atoms. The summed E-state index contributed by atoms with van der Waals surface area (Å²) in [5.41, 5.74) is 13.0. The molecule has 1 N–H and O–H groups in total. The second-order valence-electron chi connectivity index (χ2n) is 10.5. The lowest BCUT2D eigenvalue weighted by Crippen LogP contribution is -2.09. The Bertz CT molecular complexity index is 1120. The van der Waals surface area contributed by atoms with E-state index in [-0.39, 0.29) is 0 Å². The molecule has 0 fully saturated rings. The molecule has 0 aromatic heterocycles. The molecule has 1 aliphatic heterocycles. The van der Waals surface area contributed by atoms with E-state index in [1.54, 1.807) is 0 Å². The van der Waals surface area contributed by atoms with Crippen molar-refractivity contribution in [1.29, 1.82) is 0 Å². The van der Waals surface area contributed by atoms with Crippen LogP contribution in [0.3, 0.4) is 0 Å². The van der Waals surface area contributed by atoms with E-state index >= 15 is 0 Å². The smallest absolute Gasteiger partial charge is 0.0611 e. The standard InChI is InChI=1S/C13H14.C10H13N.C9H15N/c1-9(2)12-7-11-5-4-10(3)6-13(11)8-12;1-8(2)11-10-6-4-9(3)5-7-10;1-7-5-8(6-10-7)9(2,3)4/h4-6,8H,1,7H2,2-3H3;4-7,11H,1H2,2-3H3;5H,6H2,1-4H3. The lowest BCUT2D eigenvalue weighted by atomic mass is 9.87. The van der Waals surface area contributed by atoms with Crippen LogP contribution in [0.1, 0.15) is 63.8 Å². The molecule has 2 aromatic rings. The van der Waals surface area contributed by atoms with E-state index in [1.807, 2.05) is 19.1 Å². The summed E-state index contributed by atoms with van der Waals surface area (Å²) in [6.45, 7) is 25.6. The Balaban J connectivity index is 0.000000182. The Hall–Kier alpha value is -3.13. The van der Waals surface area contributed by atoms with E-state index in [2.05, 4.69) is 114 Å². The number of nitrogens with one attached hydrogen (secondary N) is 1. The zero-order valence-electron chi connectivity index (χ0n) is 22.5. The van der Waals surface area contributed by atoms with Crippen LogP contribution in [-0.4, -0.2) is 12.3 Å². The van der Waals surface area contributed by atoms with Crippen LogP contribution in [0.4, 0.5) is 5.69 Å². The highest BCUT2D eigenvalue weighted by Gasteiger charge is 2.19. The average molecular weight is 455 g/mol. The number of anilines is 1. The average Bonchev–Trinajstić information content (AvgIpc) is 3.36. The Kier molecular flexibility index (Phi) is 9.44. The molecule has 4 rings (SSSR count). The van der Waals surface area contributed by atoms with Gasteiger partial charge in [0.1, 0.15) is 0 Å². The van der Waals surface area contributed by atoms with Crippen LogP contribution in [-0.2, 0) is 6.42 Å². The number of aliphatic imine (C=N–C) groups is 1. The monoisotopic (exact) mass is 454 g/mol. The van der Waals surface area contributed by atoms with Gasteiger partial charge in [0.15, 0.2) is 0 Å². The largest absolute Gasteiger partial charge is 0.360 e. The molecular formula is C32H42N2. The number of benzene rings is 2. The normalized spacial score (nSPS) is 13.8. The molecule has 180 valence electrons. The van der Waals surface area contributed by atoms with E-state index in [0.29, 0.717) is 5.41 Å². The molecule has 0 bridgehead atoms. The van der Waals surface area contributed by atoms with Crippen molar-refractivity contribution < 1.29 is 0 Å². The molecule has 0 saturated carbocycles. The fraction of sp³-hybridized carbons (Fsp3) is 0.344. The minimum Gasteiger partial charge on any atom is -0.360 e. The molecule has 2 aromatic carbocycles. The van der Waals surface area contributed by atoms with Crippen molar-refractivity contribution in [3.05, 3.63) is 106 Å². The molecule has 0 atom stereocenters. The van der Waals surface area contributed by atoms with Crippen molar-refractivity contribution in [2.75, 3.05) is 11.9 Å². The molecule has 2 aliphatic rings. The zero-order valence-corrected chi connectivity index (χ0v) is 22.5. The fourth-order valence-corrected chi connectivity index (χ4v) is 3.62. The first-order valence-corrected chi connectivity index (χ1v) is 12.0. The highest BCUT2D eigenvalue weighted by molar-refractivity contribution is 5.95. The first-order chi connectivity index (χ1) is 15.8. The van der Waals surface area contributed by atoms with Gasteiger partial charge in [0.2, 0.25) is 0 Å². The number of hydrogen-bond donors (Lipinski definition) is 1. The molecule has 2 heteroatoms. The number of hydrogen-bond acceptors (Lipinski definition) is 2. The van der Waals surface area contributed by atoms with Gasteiger partial charge in [-0.2, -0.15) is 0 Å². The van der Waals surface area contributed by atoms with Gasteiger partial charge in [0.05, 0.1) is 6.54 Å². The van der Waals surface area contributed by atoms with E-state index < -0.39 is 0 Å². The quantitative estimate of drug-likeness (QED) is 0.492. The van der Waals surface area contributed by atoms with Crippen LogP contribution >= 0.6 is 0 Å². The van der Waals surface area contributed by atoms with Crippen molar-refractivity contribution in [2.45, 2.75) is 61.8 Å². The second kappa shape index (κ2) is 11.8. The lowest BCUT2D eigenvalue weighted by molar-refractivity contribution is 0.499. The van der Waals surface area contributed by atoms with Crippen LogP contribution in [0.25, 0.3) is 6.08 Å². The molecule has 0 amide bonds. The van der Waals surface area contributed by atoms with E-state index in [4.69, 9.17) is 0 Å². The molecule has 2 nitrogen and oxygen atoms in total. The van der Waals surface area contributed by atoms with E-state index in [0.717, 1.165) is 24.4 Å². The highest BCUT2D eigenvalue weighted by atomic mass is 14.9. The highest BCUT2D eigenvalue weighted by Crippen LogP contribution is 2.29. The maximum Gasteiger partial charge on any atom is 0.0611 e.